The first-order valence-electron chi connectivity index (χ1n) is 7.81. The molecule has 3 unspecified atom stereocenters. The maximum absolute atomic E-state index is 12.7. The van der Waals surface area contributed by atoms with Crippen LogP contribution in [0, 0.1) is 0 Å². The summed E-state index contributed by atoms with van der Waals surface area (Å²) >= 11 is 0. The van der Waals surface area contributed by atoms with Gasteiger partial charge in [0.2, 0.25) is 5.79 Å². The van der Waals surface area contributed by atoms with Crippen molar-refractivity contribution in [3.05, 3.63) is 12.7 Å². The minimum Gasteiger partial charge on any atom is -0.360 e. The number of unbranched alkanes of at least 4 members (excludes halogenated alkanes) is 1. The number of rotatable bonds is 12. The zero-order valence-corrected chi connectivity index (χ0v) is 15.1. The summed E-state index contributed by atoms with van der Waals surface area (Å²) in [5, 5.41) is 21.1. The van der Waals surface area contributed by atoms with E-state index in [4.69, 9.17) is 10.5 Å². The summed E-state index contributed by atoms with van der Waals surface area (Å²) < 4.78 is 19.7. The summed E-state index contributed by atoms with van der Waals surface area (Å²) in [6.45, 7) is 11.7. The summed E-state index contributed by atoms with van der Waals surface area (Å²) in [4.78, 5) is 0. The van der Waals surface area contributed by atoms with E-state index in [0.29, 0.717) is 19.4 Å². The van der Waals surface area contributed by atoms with E-state index in [-0.39, 0.29) is 25.1 Å². The van der Waals surface area contributed by atoms with Gasteiger partial charge in [-0.2, -0.15) is 0 Å². The van der Waals surface area contributed by atoms with Crippen molar-refractivity contribution in [2.24, 2.45) is 5.73 Å². The second kappa shape index (κ2) is 10.4. The number of hydrogen-bond donors (Lipinski definition) is 3. The van der Waals surface area contributed by atoms with Gasteiger partial charge in [-0.05, 0) is 51.6 Å². The van der Waals surface area contributed by atoms with E-state index < -0.39 is 19.6 Å². The SMILES string of the molecule is C=CCOC(O)(CCCCN)C(O)[P+](=O)N(C(C)C)C(C)C. The van der Waals surface area contributed by atoms with Gasteiger partial charge in [0.1, 0.15) is 0 Å². The Labute approximate surface area is 135 Å². The van der Waals surface area contributed by atoms with E-state index in [1.54, 1.807) is 4.67 Å². The Hall–Kier alpha value is -0.360. The topological polar surface area (TPSA) is 96.0 Å². The summed E-state index contributed by atoms with van der Waals surface area (Å²) in [5.41, 5.74) is 5.45. The molecule has 0 bridgehead atoms. The predicted octanol–water partition coefficient (Wildman–Crippen LogP) is 2.19. The van der Waals surface area contributed by atoms with Crippen molar-refractivity contribution in [2.45, 2.75) is 70.7 Å². The molecule has 4 N–H and O–H groups in total. The molecule has 0 aliphatic rings. The number of hydrogen-bond acceptors (Lipinski definition) is 5. The molecule has 0 aromatic rings. The molecule has 0 aromatic carbocycles. The number of aliphatic hydroxyl groups is 2. The van der Waals surface area contributed by atoms with Crippen LogP contribution in [-0.4, -0.2) is 51.8 Å². The first kappa shape index (κ1) is 21.6. The van der Waals surface area contributed by atoms with Crippen LogP contribution in [0.5, 0.6) is 0 Å². The molecule has 0 aliphatic heterocycles. The highest BCUT2D eigenvalue weighted by molar-refractivity contribution is 7.42. The molecule has 0 saturated carbocycles. The normalized spacial score (nSPS) is 16.9. The van der Waals surface area contributed by atoms with Gasteiger partial charge in [0.15, 0.2) is 0 Å². The molecule has 22 heavy (non-hydrogen) atoms. The highest BCUT2D eigenvalue weighted by Crippen LogP contribution is 2.42. The van der Waals surface area contributed by atoms with E-state index >= 15 is 0 Å². The summed E-state index contributed by atoms with van der Waals surface area (Å²) in [6, 6.07) is -0.0445. The highest BCUT2D eigenvalue weighted by atomic mass is 31.1. The maximum Gasteiger partial charge on any atom is 0.473 e. The third-order valence-electron chi connectivity index (χ3n) is 3.34. The third kappa shape index (κ3) is 6.41. The lowest BCUT2D eigenvalue weighted by molar-refractivity contribution is -0.235. The second-order valence-electron chi connectivity index (χ2n) is 5.93. The Balaban J connectivity index is 5.17. The first-order valence-corrected chi connectivity index (χ1v) is 9.09. The maximum atomic E-state index is 12.7. The highest BCUT2D eigenvalue weighted by Gasteiger charge is 2.53. The van der Waals surface area contributed by atoms with Gasteiger partial charge >= 0.3 is 13.8 Å². The molecule has 0 aromatic heterocycles. The number of ether oxygens (including phenoxy) is 1. The summed E-state index contributed by atoms with van der Waals surface area (Å²) in [7, 11) is -2.21. The lowest BCUT2D eigenvalue weighted by Crippen LogP contribution is -2.46. The molecule has 0 aliphatic carbocycles. The fraction of sp³-hybridized carbons (Fsp3) is 0.867. The summed E-state index contributed by atoms with van der Waals surface area (Å²) in [5.74, 6) is -3.36. The second-order valence-corrected chi connectivity index (χ2v) is 7.49. The Kier molecular flexibility index (Phi) is 10.3. The Morgan fingerprint density at radius 2 is 1.86 bits per heavy atom. The smallest absolute Gasteiger partial charge is 0.360 e. The van der Waals surface area contributed by atoms with E-state index in [2.05, 4.69) is 6.58 Å². The molecule has 6 nitrogen and oxygen atoms in total. The van der Waals surface area contributed by atoms with Gasteiger partial charge in [-0.1, -0.05) is 10.7 Å². The van der Waals surface area contributed by atoms with Gasteiger partial charge in [-0.3, -0.25) is 0 Å². The molecular formula is C15H32N2O4P+. The average molecular weight is 335 g/mol. The fourth-order valence-electron chi connectivity index (χ4n) is 2.35. The fourth-order valence-corrected chi connectivity index (χ4v) is 4.06. The standard InChI is InChI=1S/C15H32N2O4P/c1-6-11-21-15(19,9-7-8-10-16)14(18)22(20)17(12(2)3)13(4)5/h6,12-14,18-19H,1,7-11,16H2,2-5H3/q+1. The van der Waals surface area contributed by atoms with Gasteiger partial charge in [0.05, 0.1) is 6.61 Å². The van der Waals surface area contributed by atoms with E-state index in [9.17, 15) is 14.8 Å². The molecule has 0 spiro atoms. The quantitative estimate of drug-likeness (QED) is 0.219. The van der Waals surface area contributed by atoms with E-state index in [1.165, 1.54) is 6.08 Å². The van der Waals surface area contributed by atoms with Crippen molar-refractivity contribution in [1.82, 2.24) is 4.67 Å². The third-order valence-corrected chi connectivity index (χ3v) is 5.54. The zero-order chi connectivity index (χ0) is 17.3. The van der Waals surface area contributed by atoms with Crippen molar-refractivity contribution in [1.29, 1.82) is 0 Å². The first-order chi connectivity index (χ1) is 10.2. The van der Waals surface area contributed by atoms with Crippen LogP contribution in [0.25, 0.3) is 0 Å². The largest absolute Gasteiger partial charge is 0.473 e. The lowest BCUT2D eigenvalue weighted by atomic mass is 10.1. The molecule has 0 radical (unpaired) electrons. The zero-order valence-electron chi connectivity index (χ0n) is 14.2. The Bertz CT molecular complexity index is 344. The predicted molar refractivity (Wildman–Crippen MR) is 89.7 cm³/mol. The van der Waals surface area contributed by atoms with E-state index in [0.717, 1.165) is 0 Å². The van der Waals surface area contributed by atoms with Gasteiger partial charge in [0, 0.05) is 18.5 Å². The van der Waals surface area contributed by atoms with Crippen molar-refractivity contribution in [3.63, 3.8) is 0 Å². The van der Waals surface area contributed by atoms with Gasteiger partial charge in [-0.25, -0.2) is 0 Å². The minimum absolute atomic E-state index is 0.0223. The van der Waals surface area contributed by atoms with Crippen LogP contribution in [0.4, 0.5) is 0 Å². The Morgan fingerprint density at radius 1 is 1.32 bits per heavy atom. The van der Waals surface area contributed by atoms with Gasteiger partial charge in [0.25, 0.3) is 0 Å². The monoisotopic (exact) mass is 335 g/mol. The van der Waals surface area contributed by atoms with Gasteiger partial charge in [-0.15, -0.1) is 6.58 Å². The molecule has 130 valence electrons. The number of nitrogens with zero attached hydrogens (tertiary/aromatic N) is 1. The van der Waals surface area contributed by atoms with Crippen molar-refractivity contribution < 1.29 is 19.5 Å². The molecule has 3 atom stereocenters. The van der Waals surface area contributed by atoms with Crippen LogP contribution < -0.4 is 5.73 Å². The van der Waals surface area contributed by atoms with Crippen LogP contribution in [0.15, 0.2) is 12.7 Å². The van der Waals surface area contributed by atoms with Crippen molar-refractivity contribution >= 4 is 7.95 Å². The average Bonchev–Trinajstić information content (AvgIpc) is 2.43. The Morgan fingerprint density at radius 3 is 2.27 bits per heavy atom. The molecule has 0 fully saturated rings. The van der Waals surface area contributed by atoms with Crippen LogP contribution in [-0.2, 0) is 9.30 Å². The van der Waals surface area contributed by atoms with Crippen LogP contribution >= 0.6 is 7.95 Å². The summed E-state index contributed by atoms with van der Waals surface area (Å²) in [6.07, 6.45) is 2.93. The minimum atomic E-state index is -2.21. The molecule has 0 rings (SSSR count). The van der Waals surface area contributed by atoms with Crippen molar-refractivity contribution in [3.8, 4) is 0 Å². The molecule has 0 heterocycles. The lowest BCUT2D eigenvalue weighted by Gasteiger charge is -2.29. The van der Waals surface area contributed by atoms with Crippen LogP contribution in [0.3, 0.4) is 0 Å². The van der Waals surface area contributed by atoms with Crippen LogP contribution in [0.2, 0.25) is 0 Å². The number of aliphatic hydroxyl groups excluding tert-OH is 1. The molecule has 7 heteroatoms. The molecule has 0 amide bonds. The van der Waals surface area contributed by atoms with Crippen LogP contribution in [0.1, 0.15) is 47.0 Å². The number of nitrogens with two attached hydrogens (primary N) is 1. The van der Waals surface area contributed by atoms with Crippen molar-refractivity contribution in [2.75, 3.05) is 13.2 Å². The molecule has 0 saturated heterocycles. The molecular weight excluding hydrogens is 303 g/mol. The van der Waals surface area contributed by atoms with Gasteiger partial charge < -0.3 is 20.7 Å². The van der Waals surface area contributed by atoms with E-state index in [1.807, 2.05) is 27.7 Å².